The Morgan fingerprint density at radius 1 is 1.17 bits per heavy atom. The smallest absolute Gasteiger partial charge is 0.307 e. The van der Waals surface area contributed by atoms with E-state index in [-0.39, 0.29) is 18.3 Å². The highest BCUT2D eigenvalue weighted by Crippen LogP contribution is 2.23. The molecule has 0 saturated carbocycles. The first-order chi connectivity index (χ1) is 11.1. The molecule has 0 aliphatic rings. The van der Waals surface area contributed by atoms with Gasteiger partial charge in [-0.05, 0) is 30.5 Å². The van der Waals surface area contributed by atoms with Crippen LogP contribution in [0.2, 0.25) is 0 Å². The Morgan fingerprint density at radius 3 is 2.52 bits per heavy atom. The van der Waals surface area contributed by atoms with Crippen molar-refractivity contribution in [1.29, 1.82) is 0 Å². The minimum absolute atomic E-state index is 0.0841. The first-order valence-corrected chi connectivity index (χ1v) is 8.10. The number of nitrogens with one attached hydrogen (secondary N) is 1. The number of benzene rings is 1. The van der Waals surface area contributed by atoms with Gasteiger partial charge in [0.05, 0.1) is 19.6 Å². The molecule has 23 heavy (non-hydrogen) atoms. The number of rotatable bonds is 7. The molecule has 1 amide bonds. The number of hydrogen-bond acceptors (Lipinski definition) is 5. The zero-order valence-electron chi connectivity index (χ0n) is 13.0. The lowest BCUT2D eigenvalue weighted by Crippen LogP contribution is -2.39. The number of methoxy groups -OCH3 is 1. The molecule has 0 aliphatic carbocycles. The molecule has 2 unspecified atom stereocenters. The first-order valence-electron chi connectivity index (χ1n) is 7.22. The molecule has 1 aromatic heterocycles. The summed E-state index contributed by atoms with van der Waals surface area (Å²) < 4.78 is 10.3. The van der Waals surface area contributed by atoms with E-state index in [9.17, 15) is 9.59 Å². The van der Waals surface area contributed by atoms with E-state index in [1.165, 1.54) is 18.4 Å². The highest BCUT2D eigenvalue weighted by molar-refractivity contribution is 7.10. The maximum absolute atomic E-state index is 12.3. The lowest BCUT2D eigenvalue weighted by molar-refractivity contribution is -0.141. The molecule has 0 radical (unpaired) electrons. The Bertz CT molecular complexity index is 627. The average molecular weight is 333 g/mol. The molecule has 1 aromatic carbocycles. The third-order valence-electron chi connectivity index (χ3n) is 3.23. The first kappa shape index (κ1) is 17.0. The summed E-state index contributed by atoms with van der Waals surface area (Å²) in [5.74, 6) is -0.0349. The van der Waals surface area contributed by atoms with Crippen LogP contribution in [0.1, 0.15) is 24.3 Å². The molecule has 1 N–H and O–H groups in total. The Hall–Kier alpha value is -2.34. The van der Waals surface area contributed by atoms with Crippen molar-refractivity contribution in [2.75, 3.05) is 7.11 Å². The van der Waals surface area contributed by atoms with Gasteiger partial charge < -0.3 is 14.8 Å². The third kappa shape index (κ3) is 5.10. The molecule has 6 heteroatoms. The van der Waals surface area contributed by atoms with Crippen LogP contribution in [0, 0.1) is 0 Å². The van der Waals surface area contributed by atoms with E-state index < -0.39 is 12.1 Å². The van der Waals surface area contributed by atoms with Crippen molar-refractivity contribution in [3.05, 3.63) is 52.7 Å². The number of carbonyl (C=O) groups excluding carboxylic acids is 2. The van der Waals surface area contributed by atoms with Gasteiger partial charge in [0.2, 0.25) is 0 Å². The van der Waals surface area contributed by atoms with Crippen LogP contribution in [-0.2, 0) is 14.3 Å². The van der Waals surface area contributed by atoms with Crippen molar-refractivity contribution >= 4 is 23.2 Å². The minimum atomic E-state index is -0.669. The Morgan fingerprint density at radius 2 is 1.91 bits per heavy atom. The number of para-hydroxylation sites is 1. The SMILES string of the molecule is COC(=O)CC(NC(=O)C(C)Oc1ccccc1)c1cccs1. The van der Waals surface area contributed by atoms with E-state index in [2.05, 4.69) is 5.32 Å². The van der Waals surface area contributed by atoms with E-state index in [1.807, 2.05) is 35.7 Å². The van der Waals surface area contributed by atoms with Crippen molar-refractivity contribution < 1.29 is 19.1 Å². The summed E-state index contributed by atoms with van der Waals surface area (Å²) in [6, 6.07) is 12.5. The van der Waals surface area contributed by atoms with Gasteiger partial charge in [-0.1, -0.05) is 24.3 Å². The number of esters is 1. The van der Waals surface area contributed by atoms with Crippen LogP contribution in [-0.4, -0.2) is 25.1 Å². The largest absolute Gasteiger partial charge is 0.481 e. The van der Waals surface area contributed by atoms with E-state index in [0.717, 1.165) is 4.88 Å². The number of hydrogen-bond donors (Lipinski definition) is 1. The number of ether oxygens (including phenoxy) is 2. The van der Waals surface area contributed by atoms with Crippen LogP contribution < -0.4 is 10.1 Å². The highest BCUT2D eigenvalue weighted by atomic mass is 32.1. The second-order valence-corrected chi connectivity index (χ2v) is 5.91. The fourth-order valence-electron chi connectivity index (χ4n) is 2.01. The molecular formula is C17H19NO4S. The Balaban J connectivity index is 2.00. The molecule has 0 fully saturated rings. The summed E-state index contributed by atoms with van der Waals surface area (Å²) in [6.45, 7) is 1.67. The topological polar surface area (TPSA) is 64.6 Å². The fraction of sp³-hybridized carbons (Fsp3) is 0.294. The molecule has 2 atom stereocenters. The van der Waals surface area contributed by atoms with Crippen molar-refractivity contribution in [3.8, 4) is 5.75 Å². The van der Waals surface area contributed by atoms with E-state index in [0.29, 0.717) is 5.75 Å². The summed E-state index contributed by atoms with van der Waals surface area (Å²) in [7, 11) is 1.33. The summed E-state index contributed by atoms with van der Waals surface area (Å²) in [4.78, 5) is 24.8. The Kier molecular flexibility index (Phi) is 6.17. The van der Waals surface area contributed by atoms with Gasteiger partial charge in [-0.25, -0.2) is 0 Å². The number of carbonyl (C=O) groups is 2. The van der Waals surface area contributed by atoms with E-state index in [4.69, 9.17) is 9.47 Å². The maximum Gasteiger partial charge on any atom is 0.307 e. The predicted molar refractivity (Wildman–Crippen MR) is 88.4 cm³/mol. The van der Waals surface area contributed by atoms with Crippen LogP contribution in [0.4, 0.5) is 0 Å². The minimum Gasteiger partial charge on any atom is -0.481 e. The summed E-state index contributed by atoms with van der Waals surface area (Å²) >= 11 is 1.48. The third-order valence-corrected chi connectivity index (χ3v) is 4.21. The summed E-state index contributed by atoms with van der Waals surface area (Å²) in [5.41, 5.74) is 0. The number of amides is 1. The van der Waals surface area contributed by atoms with Gasteiger partial charge >= 0.3 is 5.97 Å². The van der Waals surface area contributed by atoms with Crippen LogP contribution in [0.5, 0.6) is 5.75 Å². The molecular weight excluding hydrogens is 314 g/mol. The van der Waals surface area contributed by atoms with E-state index in [1.54, 1.807) is 19.1 Å². The van der Waals surface area contributed by atoms with Gasteiger partial charge in [0.1, 0.15) is 5.75 Å². The van der Waals surface area contributed by atoms with Gasteiger partial charge in [0.25, 0.3) is 5.91 Å². The van der Waals surface area contributed by atoms with Gasteiger partial charge in [-0.15, -0.1) is 11.3 Å². The lowest BCUT2D eigenvalue weighted by Gasteiger charge is -2.20. The zero-order chi connectivity index (χ0) is 16.7. The van der Waals surface area contributed by atoms with Crippen LogP contribution in [0.15, 0.2) is 47.8 Å². The fourth-order valence-corrected chi connectivity index (χ4v) is 2.79. The summed E-state index contributed by atoms with van der Waals surface area (Å²) in [6.07, 6.45) is -0.585. The van der Waals surface area contributed by atoms with Crippen molar-refractivity contribution in [3.63, 3.8) is 0 Å². The predicted octanol–water partition coefficient (Wildman–Crippen LogP) is 2.94. The molecule has 5 nitrogen and oxygen atoms in total. The maximum atomic E-state index is 12.3. The van der Waals surface area contributed by atoms with Gasteiger partial charge in [-0.3, -0.25) is 9.59 Å². The van der Waals surface area contributed by atoms with Crippen molar-refractivity contribution in [1.82, 2.24) is 5.32 Å². The van der Waals surface area contributed by atoms with E-state index >= 15 is 0 Å². The normalized spacial score (nSPS) is 13.0. The molecule has 0 bridgehead atoms. The second kappa shape index (κ2) is 8.33. The molecule has 122 valence electrons. The monoisotopic (exact) mass is 333 g/mol. The Labute approximate surface area is 139 Å². The zero-order valence-corrected chi connectivity index (χ0v) is 13.8. The van der Waals surface area contributed by atoms with Crippen LogP contribution in [0.3, 0.4) is 0 Å². The van der Waals surface area contributed by atoms with Crippen molar-refractivity contribution in [2.24, 2.45) is 0 Å². The number of thiophene rings is 1. The van der Waals surface area contributed by atoms with Gasteiger partial charge in [0.15, 0.2) is 6.10 Å². The molecule has 1 heterocycles. The van der Waals surface area contributed by atoms with Crippen molar-refractivity contribution in [2.45, 2.75) is 25.5 Å². The molecule has 2 rings (SSSR count). The highest BCUT2D eigenvalue weighted by Gasteiger charge is 2.23. The van der Waals surface area contributed by atoms with Gasteiger partial charge in [0, 0.05) is 4.88 Å². The van der Waals surface area contributed by atoms with Crippen LogP contribution >= 0.6 is 11.3 Å². The summed E-state index contributed by atoms with van der Waals surface area (Å²) in [5, 5.41) is 4.75. The van der Waals surface area contributed by atoms with Crippen LogP contribution in [0.25, 0.3) is 0 Å². The molecule has 0 aliphatic heterocycles. The molecule has 2 aromatic rings. The lowest BCUT2D eigenvalue weighted by atomic mass is 10.1. The average Bonchev–Trinajstić information content (AvgIpc) is 3.09. The quantitative estimate of drug-likeness (QED) is 0.791. The second-order valence-electron chi connectivity index (χ2n) is 4.93. The standard InChI is InChI=1S/C17H19NO4S/c1-12(22-13-7-4-3-5-8-13)17(20)18-14(11-16(19)21-2)15-9-6-10-23-15/h3-10,12,14H,11H2,1-2H3,(H,18,20). The van der Waals surface area contributed by atoms with Gasteiger partial charge in [-0.2, -0.15) is 0 Å². The molecule has 0 spiro atoms. The molecule has 0 saturated heterocycles.